The number of aliphatic hydroxyl groups excluding tert-OH is 1. The molecule has 2 atom stereocenters. The highest BCUT2D eigenvalue weighted by Gasteiger charge is 2.26. The van der Waals surface area contributed by atoms with Crippen molar-refractivity contribution in [1.82, 2.24) is 4.72 Å². The largest absolute Gasteiger partial charge is 0.395 e. The summed E-state index contributed by atoms with van der Waals surface area (Å²) in [5.74, 6) is -0.130. The van der Waals surface area contributed by atoms with Crippen LogP contribution in [0.3, 0.4) is 0 Å². The molecule has 0 bridgehead atoms. The fraction of sp³-hybridized carbons (Fsp3) is 0.286. The summed E-state index contributed by atoms with van der Waals surface area (Å²) in [6.45, 7) is 1.63. The fourth-order valence-electron chi connectivity index (χ4n) is 1.99. The molecule has 2 N–H and O–H groups in total. The second kappa shape index (κ2) is 7.02. The van der Waals surface area contributed by atoms with Crippen molar-refractivity contribution < 1.29 is 13.5 Å². The molecule has 2 unspecified atom stereocenters. The highest BCUT2D eigenvalue weighted by atomic mass is 79.9. The molecular formula is C14H16BrNO3S2. The van der Waals surface area contributed by atoms with Gasteiger partial charge in [-0.1, -0.05) is 37.3 Å². The summed E-state index contributed by atoms with van der Waals surface area (Å²) in [7, 11) is -3.63. The van der Waals surface area contributed by atoms with E-state index in [9.17, 15) is 13.5 Å². The van der Waals surface area contributed by atoms with Crippen molar-refractivity contribution >= 4 is 37.3 Å². The Morgan fingerprint density at radius 2 is 1.90 bits per heavy atom. The lowest BCUT2D eigenvalue weighted by Crippen LogP contribution is -2.40. The van der Waals surface area contributed by atoms with E-state index >= 15 is 0 Å². The molecular weight excluding hydrogens is 374 g/mol. The van der Waals surface area contributed by atoms with Crippen LogP contribution in [0.1, 0.15) is 18.4 Å². The van der Waals surface area contributed by atoms with E-state index in [0.717, 1.165) is 20.7 Å². The van der Waals surface area contributed by atoms with Crippen LogP contribution in [0.25, 0.3) is 0 Å². The zero-order valence-electron chi connectivity index (χ0n) is 11.4. The maximum Gasteiger partial charge on any atom is 0.250 e. The van der Waals surface area contributed by atoms with Crippen molar-refractivity contribution in [3.63, 3.8) is 0 Å². The molecule has 2 rings (SSSR count). The van der Waals surface area contributed by atoms with Crippen molar-refractivity contribution in [2.24, 2.45) is 0 Å². The minimum atomic E-state index is -3.63. The number of nitrogens with one attached hydrogen (secondary N) is 1. The molecule has 0 aliphatic carbocycles. The van der Waals surface area contributed by atoms with Gasteiger partial charge in [0.2, 0.25) is 10.0 Å². The average Bonchev–Trinajstić information content (AvgIpc) is 2.92. The molecule has 4 nitrogen and oxygen atoms in total. The van der Waals surface area contributed by atoms with Crippen molar-refractivity contribution in [3.05, 3.63) is 51.8 Å². The van der Waals surface area contributed by atoms with Gasteiger partial charge in [0.25, 0.3) is 0 Å². The molecule has 0 saturated heterocycles. The van der Waals surface area contributed by atoms with E-state index in [1.54, 1.807) is 12.1 Å². The third kappa shape index (κ3) is 4.14. The van der Waals surface area contributed by atoms with Gasteiger partial charge in [0.15, 0.2) is 0 Å². The highest BCUT2D eigenvalue weighted by molar-refractivity contribution is 9.11. The molecule has 0 fully saturated rings. The van der Waals surface area contributed by atoms with Crippen molar-refractivity contribution in [1.29, 1.82) is 0 Å². The molecule has 1 aromatic heterocycles. The number of rotatable bonds is 6. The van der Waals surface area contributed by atoms with Gasteiger partial charge >= 0.3 is 0 Å². The molecule has 114 valence electrons. The smallest absolute Gasteiger partial charge is 0.250 e. The van der Waals surface area contributed by atoms with Gasteiger partial charge < -0.3 is 5.11 Å². The number of aliphatic hydroxyl groups is 1. The van der Waals surface area contributed by atoms with Crippen LogP contribution in [-0.2, 0) is 10.0 Å². The van der Waals surface area contributed by atoms with Gasteiger partial charge in [0.1, 0.15) is 4.21 Å². The quantitative estimate of drug-likeness (QED) is 0.797. The van der Waals surface area contributed by atoms with Gasteiger partial charge in [0.05, 0.1) is 16.4 Å². The van der Waals surface area contributed by atoms with E-state index in [1.807, 2.05) is 37.3 Å². The van der Waals surface area contributed by atoms with Crippen molar-refractivity contribution in [2.45, 2.75) is 23.1 Å². The van der Waals surface area contributed by atoms with E-state index < -0.39 is 16.1 Å². The molecule has 0 aliphatic rings. The monoisotopic (exact) mass is 389 g/mol. The predicted molar refractivity (Wildman–Crippen MR) is 88.1 cm³/mol. The summed E-state index contributed by atoms with van der Waals surface area (Å²) in [5.41, 5.74) is 0.978. The standard InChI is InChI=1S/C14H16BrNO3S2/c1-10(11-5-3-2-4-6-11)12(9-17)16-21(18,19)14-8-7-13(15)20-14/h2-8,10,12,16-17H,9H2,1H3. The first-order chi connectivity index (χ1) is 9.94. The lowest BCUT2D eigenvalue weighted by atomic mass is 9.94. The van der Waals surface area contributed by atoms with Crippen LogP contribution in [0.15, 0.2) is 50.5 Å². The highest BCUT2D eigenvalue weighted by Crippen LogP contribution is 2.27. The van der Waals surface area contributed by atoms with Crippen LogP contribution >= 0.6 is 27.3 Å². The van der Waals surface area contributed by atoms with E-state index in [0.29, 0.717) is 0 Å². The zero-order chi connectivity index (χ0) is 15.5. The molecule has 0 aliphatic heterocycles. The SMILES string of the molecule is CC(c1ccccc1)C(CO)NS(=O)(=O)c1ccc(Br)s1. The van der Waals surface area contributed by atoms with Gasteiger partial charge in [-0.3, -0.25) is 0 Å². The maximum absolute atomic E-state index is 12.3. The Balaban J connectivity index is 2.19. The van der Waals surface area contributed by atoms with Gasteiger partial charge in [-0.05, 0) is 39.5 Å². The predicted octanol–water partition coefficient (Wildman–Crippen LogP) is 2.95. The summed E-state index contributed by atoms with van der Waals surface area (Å²) < 4.78 is 28.2. The average molecular weight is 390 g/mol. The van der Waals surface area contributed by atoms with Crippen LogP contribution in [0, 0.1) is 0 Å². The Hall–Kier alpha value is -0.730. The van der Waals surface area contributed by atoms with Gasteiger partial charge in [-0.15, -0.1) is 11.3 Å². The Kier molecular flexibility index (Phi) is 5.56. The first-order valence-electron chi connectivity index (χ1n) is 6.37. The summed E-state index contributed by atoms with van der Waals surface area (Å²) in [6, 6.07) is 12.2. The normalized spacial score (nSPS) is 14.8. The van der Waals surface area contributed by atoms with Crippen LogP contribution in [0.2, 0.25) is 0 Å². The van der Waals surface area contributed by atoms with Crippen molar-refractivity contribution in [3.8, 4) is 0 Å². The lowest BCUT2D eigenvalue weighted by Gasteiger charge is -2.23. The Bertz CT molecular complexity index is 685. The number of thiophene rings is 1. The molecule has 21 heavy (non-hydrogen) atoms. The lowest BCUT2D eigenvalue weighted by molar-refractivity contribution is 0.242. The van der Waals surface area contributed by atoms with E-state index in [-0.39, 0.29) is 16.7 Å². The summed E-state index contributed by atoms with van der Waals surface area (Å²) in [6.07, 6.45) is 0. The minimum Gasteiger partial charge on any atom is -0.395 e. The van der Waals surface area contributed by atoms with E-state index in [1.165, 1.54) is 0 Å². The number of hydrogen-bond acceptors (Lipinski definition) is 4. The first kappa shape index (κ1) is 16.6. The van der Waals surface area contributed by atoms with E-state index in [4.69, 9.17) is 0 Å². The minimum absolute atomic E-state index is 0.130. The molecule has 7 heteroatoms. The number of halogens is 1. The van der Waals surface area contributed by atoms with Crippen LogP contribution in [-0.4, -0.2) is 26.2 Å². The summed E-state index contributed by atoms with van der Waals surface area (Å²) in [4.78, 5) is 0. The molecule has 0 amide bonds. The fourth-order valence-corrected chi connectivity index (χ4v) is 5.32. The van der Waals surface area contributed by atoms with Gasteiger partial charge in [0, 0.05) is 0 Å². The third-order valence-corrected chi connectivity index (χ3v) is 6.85. The van der Waals surface area contributed by atoms with Gasteiger partial charge in [-0.25, -0.2) is 13.1 Å². The Morgan fingerprint density at radius 1 is 1.24 bits per heavy atom. The Labute approximate surface area is 137 Å². The topological polar surface area (TPSA) is 66.4 Å². The molecule has 1 aromatic carbocycles. The van der Waals surface area contributed by atoms with Gasteiger partial charge in [-0.2, -0.15) is 0 Å². The first-order valence-corrected chi connectivity index (χ1v) is 9.47. The molecule has 1 heterocycles. The zero-order valence-corrected chi connectivity index (χ0v) is 14.6. The second-order valence-electron chi connectivity index (χ2n) is 4.67. The third-order valence-electron chi connectivity index (χ3n) is 3.25. The van der Waals surface area contributed by atoms with Crippen LogP contribution < -0.4 is 4.72 Å². The maximum atomic E-state index is 12.3. The molecule has 0 saturated carbocycles. The molecule has 0 radical (unpaired) electrons. The molecule has 0 spiro atoms. The second-order valence-corrected chi connectivity index (χ2v) is 9.07. The molecule has 2 aromatic rings. The number of hydrogen-bond donors (Lipinski definition) is 2. The van der Waals surface area contributed by atoms with Crippen LogP contribution in [0.4, 0.5) is 0 Å². The van der Waals surface area contributed by atoms with Crippen molar-refractivity contribution in [2.75, 3.05) is 6.61 Å². The summed E-state index contributed by atoms with van der Waals surface area (Å²) in [5, 5.41) is 9.54. The van der Waals surface area contributed by atoms with Crippen LogP contribution in [0.5, 0.6) is 0 Å². The Morgan fingerprint density at radius 3 is 2.43 bits per heavy atom. The number of benzene rings is 1. The van der Waals surface area contributed by atoms with E-state index in [2.05, 4.69) is 20.7 Å². The summed E-state index contributed by atoms with van der Waals surface area (Å²) >= 11 is 4.39. The number of sulfonamides is 1.